The number of nitrogens with one attached hydrogen (secondary N) is 2. The maximum absolute atomic E-state index is 11.7. The smallest absolute Gasteiger partial charge is 0.319 e. The average Bonchev–Trinajstić information content (AvgIpc) is 2.51. The Morgan fingerprint density at radius 2 is 1.78 bits per heavy atom. The first-order valence-corrected chi connectivity index (χ1v) is 7.23. The summed E-state index contributed by atoms with van der Waals surface area (Å²) in [5, 5.41) is 13.7. The lowest BCUT2D eigenvalue weighted by atomic mass is 9.85. The van der Waals surface area contributed by atoms with Gasteiger partial charge in [0.05, 0.1) is 12.5 Å². The van der Waals surface area contributed by atoms with E-state index in [4.69, 9.17) is 9.84 Å². The van der Waals surface area contributed by atoms with Crippen molar-refractivity contribution in [2.75, 3.05) is 19.0 Å². The predicted octanol–water partition coefficient (Wildman–Crippen LogP) is 2.12. The molecule has 0 bridgehead atoms. The SMILES string of the molecule is COC(=O)C(C)(C)c1ccc(NC(=O)NCCCC(=O)O)cc1. The van der Waals surface area contributed by atoms with Crippen molar-refractivity contribution in [1.82, 2.24) is 5.32 Å². The van der Waals surface area contributed by atoms with E-state index in [1.54, 1.807) is 38.1 Å². The van der Waals surface area contributed by atoms with E-state index in [1.165, 1.54) is 7.11 Å². The van der Waals surface area contributed by atoms with Crippen LogP contribution in [0.4, 0.5) is 10.5 Å². The Bertz CT molecular complexity index is 566. The molecule has 2 amide bonds. The van der Waals surface area contributed by atoms with Gasteiger partial charge in [0, 0.05) is 18.7 Å². The molecule has 0 aromatic heterocycles. The van der Waals surface area contributed by atoms with E-state index < -0.39 is 17.4 Å². The molecule has 0 fully saturated rings. The Morgan fingerprint density at radius 1 is 1.17 bits per heavy atom. The van der Waals surface area contributed by atoms with Gasteiger partial charge in [0.2, 0.25) is 0 Å². The van der Waals surface area contributed by atoms with E-state index in [0.29, 0.717) is 12.1 Å². The number of rotatable bonds is 7. The second-order valence-corrected chi connectivity index (χ2v) is 5.57. The molecule has 0 heterocycles. The molecule has 0 unspecified atom stereocenters. The molecule has 3 N–H and O–H groups in total. The number of urea groups is 1. The molecule has 7 heteroatoms. The van der Waals surface area contributed by atoms with Crippen molar-refractivity contribution in [3.8, 4) is 0 Å². The van der Waals surface area contributed by atoms with Crippen LogP contribution in [0, 0.1) is 0 Å². The molecular formula is C16H22N2O5. The zero-order chi connectivity index (χ0) is 17.5. The van der Waals surface area contributed by atoms with Crippen molar-refractivity contribution in [3.05, 3.63) is 29.8 Å². The third-order valence-corrected chi connectivity index (χ3v) is 3.41. The molecule has 7 nitrogen and oxygen atoms in total. The molecule has 1 rings (SSSR count). The number of aliphatic carboxylic acids is 1. The van der Waals surface area contributed by atoms with Crippen molar-refractivity contribution in [3.63, 3.8) is 0 Å². The first kappa shape index (κ1) is 18.5. The molecule has 0 spiro atoms. The van der Waals surface area contributed by atoms with Gasteiger partial charge in [-0.05, 0) is 38.0 Å². The highest BCUT2D eigenvalue weighted by Crippen LogP contribution is 2.25. The van der Waals surface area contributed by atoms with Gasteiger partial charge in [-0.2, -0.15) is 0 Å². The quantitative estimate of drug-likeness (QED) is 0.527. The molecule has 0 saturated heterocycles. The number of carboxylic acid groups (broad SMARTS) is 1. The van der Waals surface area contributed by atoms with Crippen LogP contribution < -0.4 is 10.6 Å². The monoisotopic (exact) mass is 322 g/mol. The number of carbonyl (C=O) groups excluding carboxylic acids is 2. The topological polar surface area (TPSA) is 105 Å². The molecule has 0 radical (unpaired) electrons. The van der Waals surface area contributed by atoms with Crippen LogP contribution in [0.2, 0.25) is 0 Å². The largest absolute Gasteiger partial charge is 0.481 e. The first-order valence-electron chi connectivity index (χ1n) is 7.23. The van der Waals surface area contributed by atoms with Crippen LogP contribution in [0.1, 0.15) is 32.3 Å². The summed E-state index contributed by atoms with van der Waals surface area (Å²) in [6.07, 6.45) is 0.382. The lowest BCUT2D eigenvalue weighted by Gasteiger charge is -2.22. The fourth-order valence-electron chi connectivity index (χ4n) is 1.96. The fraction of sp³-hybridized carbons (Fsp3) is 0.438. The van der Waals surface area contributed by atoms with Crippen molar-refractivity contribution in [1.29, 1.82) is 0 Å². The normalized spacial score (nSPS) is 10.7. The standard InChI is InChI=1S/C16H22N2O5/c1-16(2,14(21)23-3)11-6-8-12(9-7-11)18-15(22)17-10-4-5-13(19)20/h6-9H,4-5,10H2,1-3H3,(H,19,20)(H2,17,18,22). The van der Waals surface area contributed by atoms with Gasteiger partial charge >= 0.3 is 18.0 Å². The highest BCUT2D eigenvalue weighted by molar-refractivity contribution is 5.89. The van der Waals surface area contributed by atoms with E-state index in [2.05, 4.69) is 10.6 Å². The summed E-state index contributed by atoms with van der Waals surface area (Å²) >= 11 is 0. The molecule has 0 aliphatic carbocycles. The number of benzene rings is 1. The number of ether oxygens (including phenoxy) is 1. The molecule has 1 aromatic rings. The summed E-state index contributed by atoms with van der Waals surface area (Å²) in [7, 11) is 1.34. The van der Waals surface area contributed by atoms with Crippen LogP contribution in [0.3, 0.4) is 0 Å². The summed E-state index contributed by atoms with van der Waals surface area (Å²) < 4.78 is 4.78. The summed E-state index contributed by atoms with van der Waals surface area (Å²) in [5.41, 5.74) is 0.578. The minimum Gasteiger partial charge on any atom is -0.481 e. The zero-order valence-electron chi connectivity index (χ0n) is 13.5. The minimum atomic E-state index is -0.893. The second-order valence-electron chi connectivity index (χ2n) is 5.57. The number of carbonyl (C=O) groups is 3. The Hall–Kier alpha value is -2.57. The number of anilines is 1. The fourth-order valence-corrected chi connectivity index (χ4v) is 1.96. The predicted molar refractivity (Wildman–Crippen MR) is 85.4 cm³/mol. The number of hydrogen-bond acceptors (Lipinski definition) is 4. The number of esters is 1. The molecule has 126 valence electrons. The van der Waals surface area contributed by atoms with Gasteiger partial charge in [-0.25, -0.2) is 4.79 Å². The highest BCUT2D eigenvalue weighted by atomic mass is 16.5. The van der Waals surface area contributed by atoms with Gasteiger partial charge in [0.1, 0.15) is 0 Å². The number of methoxy groups -OCH3 is 1. The number of carboxylic acids is 1. The summed E-state index contributed by atoms with van der Waals surface area (Å²) in [5.74, 6) is -1.23. The maximum Gasteiger partial charge on any atom is 0.319 e. The van der Waals surface area contributed by atoms with Gasteiger partial charge in [-0.1, -0.05) is 12.1 Å². The van der Waals surface area contributed by atoms with Crippen molar-refractivity contribution < 1.29 is 24.2 Å². The van der Waals surface area contributed by atoms with Crippen LogP contribution in [0.25, 0.3) is 0 Å². The van der Waals surface area contributed by atoms with E-state index in [0.717, 1.165) is 5.56 Å². The summed E-state index contributed by atoms with van der Waals surface area (Å²) in [4.78, 5) is 33.8. The lowest BCUT2D eigenvalue weighted by molar-refractivity contribution is -0.146. The molecule has 1 aromatic carbocycles. The molecule has 0 aliphatic heterocycles. The first-order chi connectivity index (χ1) is 10.8. The molecular weight excluding hydrogens is 300 g/mol. The van der Waals surface area contributed by atoms with Crippen molar-refractivity contribution in [2.24, 2.45) is 0 Å². The van der Waals surface area contributed by atoms with Crippen LogP contribution in [-0.2, 0) is 19.7 Å². The van der Waals surface area contributed by atoms with Gasteiger partial charge in [-0.3, -0.25) is 9.59 Å². The Balaban J connectivity index is 2.55. The Labute approximate surface area is 135 Å². The molecule has 0 atom stereocenters. The average molecular weight is 322 g/mol. The number of amides is 2. The van der Waals surface area contributed by atoms with E-state index in [1.807, 2.05) is 0 Å². The third-order valence-electron chi connectivity index (χ3n) is 3.41. The van der Waals surface area contributed by atoms with Crippen LogP contribution in [-0.4, -0.2) is 36.7 Å². The zero-order valence-corrected chi connectivity index (χ0v) is 13.5. The Kier molecular flexibility index (Phi) is 6.56. The molecule has 0 saturated carbocycles. The molecule has 0 aliphatic rings. The van der Waals surface area contributed by atoms with E-state index >= 15 is 0 Å². The molecule has 23 heavy (non-hydrogen) atoms. The van der Waals surface area contributed by atoms with Gasteiger partial charge in [-0.15, -0.1) is 0 Å². The van der Waals surface area contributed by atoms with E-state index in [9.17, 15) is 14.4 Å². The summed E-state index contributed by atoms with van der Waals surface area (Å²) in [6.45, 7) is 3.80. The van der Waals surface area contributed by atoms with Crippen LogP contribution in [0.5, 0.6) is 0 Å². The van der Waals surface area contributed by atoms with Crippen molar-refractivity contribution >= 4 is 23.7 Å². The number of hydrogen-bond donors (Lipinski definition) is 3. The maximum atomic E-state index is 11.7. The minimum absolute atomic E-state index is 0.0115. The second kappa shape index (κ2) is 8.17. The van der Waals surface area contributed by atoms with Gasteiger partial charge in [0.15, 0.2) is 0 Å². The lowest BCUT2D eigenvalue weighted by Crippen LogP contribution is -2.31. The van der Waals surface area contributed by atoms with Crippen LogP contribution >= 0.6 is 0 Å². The van der Waals surface area contributed by atoms with E-state index in [-0.39, 0.29) is 18.9 Å². The van der Waals surface area contributed by atoms with Gasteiger partial charge < -0.3 is 20.5 Å². The highest BCUT2D eigenvalue weighted by Gasteiger charge is 2.30. The van der Waals surface area contributed by atoms with Crippen molar-refractivity contribution in [2.45, 2.75) is 32.1 Å². The summed E-state index contributed by atoms with van der Waals surface area (Å²) in [6, 6.07) is 6.47. The third kappa shape index (κ3) is 5.61. The van der Waals surface area contributed by atoms with Gasteiger partial charge in [0.25, 0.3) is 0 Å². The Morgan fingerprint density at radius 3 is 2.30 bits per heavy atom. The van der Waals surface area contributed by atoms with Crippen LogP contribution in [0.15, 0.2) is 24.3 Å².